The van der Waals surface area contributed by atoms with Crippen LogP contribution in [0.2, 0.25) is 0 Å². The van der Waals surface area contributed by atoms with Gasteiger partial charge in [0, 0.05) is 29.3 Å². The number of nitrogens with one attached hydrogen (secondary N) is 1. The van der Waals surface area contributed by atoms with E-state index in [0.29, 0.717) is 17.3 Å². The summed E-state index contributed by atoms with van der Waals surface area (Å²) in [4.78, 5) is 14.8. The molecule has 0 radical (unpaired) electrons. The Morgan fingerprint density at radius 2 is 2.15 bits per heavy atom. The standard InChI is InChI=1S/C20H17N5OS/c26-20(18-10-17(23-24-18)15-3-6-21-22-11-15)25-7-4-16(12-25)14-2-1-13-5-8-27-19(13)9-14/h1-3,5-6,8-11,16H,4,7,12H2,(H,23,24). The summed E-state index contributed by atoms with van der Waals surface area (Å²) in [6.45, 7) is 1.50. The number of fused-ring (bicyclic) bond motifs is 1. The summed E-state index contributed by atoms with van der Waals surface area (Å²) >= 11 is 1.76. The molecule has 1 amide bonds. The molecule has 1 atom stereocenters. The topological polar surface area (TPSA) is 74.8 Å². The van der Waals surface area contributed by atoms with E-state index in [1.165, 1.54) is 15.6 Å². The van der Waals surface area contributed by atoms with Crippen molar-refractivity contribution in [1.29, 1.82) is 0 Å². The number of likely N-dealkylation sites (tertiary alicyclic amines) is 1. The molecule has 134 valence electrons. The molecule has 0 spiro atoms. The van der Waals surface area contributed by atoms with Crippen molar-refractivity contribution in [3.63, 3.8) is 0 Å². The smallest absolute Gasteiger partial charge is 0.271 e. The number of carbonyl (C=O) groups is 1. The van der Waals surface area contributed by atoms with Gasteiger partial charge in [-0.15, -0.1) is 11.3 Å². The molecule has 7 heteroatoms. The maximum absolute atomic E-state index is 12.9. The van der Waals surface area contributed by atoms with E-state index in [9.17, 15) is 4.79 Å². The van der Waals surface area contributed by atoms with Crippen LogP contribution in [-0.2, 0) is 0 Å². The van der Waals surface area contributed by atoms with Gasteiger partial charge < -0.3 is 4.90 Å². The summed E-state index contributed by atoms with van der Waals surface area (Å²) in [6.07, 6.45) is 4.23. The molecule has 0 aliphatic carbocycles. The summed E-state index contributed by atoms with van der Waals surface area (Å²) in [7, 11) is 0. The van der Waals surface area contributed by atoms with Gasteiger partial charge in [0.2, 0.25) is 0 Å². The number of hydrogen-bond acceptors (Lipinski definition) is 5. The van der Waals surface area contributed by atoms with Crippen molar-refractivity contribution >= 4 is 27.3 Å². The molecule has 1 fully saturated rings. The van der Waals surface area contributed by atoms with Crippen molar-refractivity contribution in [3.05, 3.63) is 65.4 Å². The third-order valence-electron chi connectivity index (χ3n) is 5.12. The van der Waals surface area contributed by atoms with E-state index in [0.717, 1.165) is 25.1 Å². The molecule has 4 aromatic rings. The van der Waals surface area contributed by atoms with Crippen LogP contribution in [0.1, 0.15) is 28.4 Å². The van der Waals surface area contributed by atoms with E-state index in [1.807, 2.05) is 11.0 Å². The molecule has 0 saturated carbocycles. The van der Waals surface area contributed by atoms with Crippen molar-refractivity contribution in [1.82, 2.24) is 25.3 Å². The highest BCUT2D eigenvalue weighted by atomic mass is 32.1. The van der Waals surface area contributed by atoms with E-state index in [2.05, 4.69) is 50.0 Å². The van der Waals surface area contributed by atoms with Crippen molar-refractivity contribution < 1.29 is 4.79 Å². The van der Waals surface area contributed by atoms with Crippen LogP contribution < -0.4 is 0 Å². The fourth-order valence-corrected chi connectivity index (χ4v) is 4.47. The monoisotopic (exact) mass is 375 g/mol. The highest BCUT2D eigenvalue weighted by molar-refractivity contribution is 7.17. The van der Waals surface area contributed by atoms with Crippen LogP contribution in [-0.4, -0.2) is 44.3 Å². The number of carbonyl (C=O) groups excluding carboxylic acids is 1. The van der Waals surface area contributed by atoms with Crippen molar-refractivity contribution in [2.45, 2.75) is 12.3 Å². The number of hydrogen-bond donors (Lipinski definition) is 1. The van der Waals surface area contributed by atoms with Gasteiger partial charge in [0.05, 0.1) is 18.1 Å². The Hall–Kier alpha value is -3.06. The van der Waals surface area contributed by atoms with Gasteiger partial charge in [-0.2, -0.15) is 15.3 Å². The fourth-order valence-electron chi connectivity index (χ4n) is 3.63. The SMILES string of the molecule is O=C(c1cc(-c2ccnnc2)n[nH]1)N1CCC(c2ccc3ccsc3c2)C1. The van der Waals surface area contributed by atoms with Crippen LogP contribution in [0.4, 0.5) is 0 Å². The summed E-state index contributed by atoms with van der Waals surface area (Å²) < 4.78 is 1.31. The molecule has 4 heterocycles. The Bertz CT molecular complexity index is 1100. The van der Waals surface area contributed by atoms with Crippen molar-refractivity contribution in [2.24, 2.45) is 0 Å². The minimum absolute atomic E-state index is 0.00420. The molecule has 5 rings (SSSR count). The van der Waals surface area contributed by atoms with E-state index < -0.39 is 0 Å². The van der Waals surface area contributed by atoms with Gasteiger partial charge in [-0.1, -0.05) is 12.1 Å². The molecular weight excluding hydrogens is 358 g/mol. The first-order chi connectivity index (χ1) is 13.3. The Kier molecular flexibility index (Phi) is 3.94. The molecule has 6 nitrogen and oxygen atoms in total. The quantitative estimate of drug-likeness (QED) is 0.592. The first-order valence-corrected chi connectivity index (χ1v) is 9.75. The molecule has 1 aliphatic rings. The van der Waals surface area contributed by atoms with Crippen LogP contribution in [0.5, 0.6) is 0 Å². The van der Waals surface area contributed by atoms with Gasteiger partial charge in [0.1, 0.15) is 5.69 Å². The minimum atomic E-state index is -0.00420. The van der Waals surface area contributed by atoms with Gasteiger partial charge >= 0.3 is 0 Å². The number of H-pyrrole nitrogens is 1. The number of rotatable bonds is 3. The Morgan fingerprint density at radius 1 is 1.19 bits per heavy atom. The van der Waals surface area contributed by atoms with E-state index >= 15 is 0 Å². The van der Waals surface area contributed by atoms with E-state index in [-0.39, 0.29) is 5.91 Å². The van der Waals surface area contributed by atoms with Crippen molar-refractivity contribution in [3.8, 4) is 11.3 Å². The lowest BCUT2D eigenvalue weighted by atomic mass is 9.98. The van der Waals surface area contributed by atoms with Crippen LogP contribution in [0.25, 0.3) is 21.3 Å². The van der Waals surface area contributed by atoms with Gasteiger partial charge in [-0.05, 0) is 47.0 Å². The molecule has 27 heavy (non-hydrogen) atoms. The predicted octanol–water partition coefficient (Wildman–Crippen LogP) is 3.71. The predicted molar refractivity (Wildman–Crippen MR) is 105 cm³/mol. The molecular formula is C20H17N5OS. The first-order valence-electron chi connectivity index (χ1n) is 8.87. The number of benzene rings is 1. The molecule has 1 N–H and O–H groups in total. The normalized spacial score (nSPS) is 16.9. The Morgan fingerprint density at radius 3 is 3.04 bits per heavy atom. The van der Waals surface area contributed by atoms with Crippen LogP contribution in [0.3, 0.4) is 0 Å². The lowest BCUT2D eigenvalue weighted by Crippen LogP contribution is -2.28. The minimum Gasteiger partial charge on any atom is -0.337 e. The highest BCUT2D eigenvalue weighted by Gasteiger charge is 2.29. The summed E-state index contributed by atoms with van der Waals surface area (Å²) in [5.41, 5.74) is 3.36. The fraction of sp³-hybridized carbons (Fsp3) is 0.200. The summed E-state index contributed by atoms with van der Waals surface area (Å²) in [5, 5.41) is 18.1. The second-order valence-corrected chi connectivity index (χ2v) is 7.70. The summed E-state index contributed by atoms with van der Waals surface area (Å²) in [5.74, 6) is 0.378. The Balaban J connectivity index is 1.32. The molecule has 1 saturated heterocycles. The van der Waals surface area contributed by atoms with Crippen LogP contribution in [0, 0.1) is 0 Å². The first kappa shape index (κ1) is 16.1. The zero-order valence-electron chi connectivity index (χ0n) is 14.5. The zero-order chi connectivity index (χ0) is 18.2. The number of nitrogens with zero attached hydrogens (tertiary/aromatic N) is 4. The highest BCUT2D eigenvalue weighted by Crippen LogP contribution is 2.32. The molecule has 1 aliphatic heterocycles. The average Bonchev–Trinajstić information content (AvgIpc) is 3.47. The molecule has 0 bridgehead atoms. The largest absolute Gasteiger partial charge is 0.337 e. The third-order valence-corrected chi connectivity index (χ3v) is 6.00. The van der Waals surface area contributed by atoms with E-state index in [4.69, 9.17) is 0 Å². The van der Waals surface area contributed by atoms with Gasteiger partial charge in [-0.3, -0.25) is 9.89 Å². The second kappa shape index (κ2) is 6.59. The van der Waals surface area contributed by atoms with Crippen LogP contribution in [0.15, 0.2) is 54.2 Å². The van der Waals surface area contributed by atoms with Gasteiger partial charge in [0.25, 0.3) is 5.91 Å². The van der Waals surface area contributed by atoms with Crippen molar-refractivity contribution in [2.75, 3.05) is 13.1 Å². The average molecular weight is 375 g/mol. The number of aromatic amines is 1. The second-order valence-electron chi connectivity index (χ2n) is 6.75. The third kappa shape index (κ3) is 3.00. The maximum Gasteiger partial charge on any atom is 0.271 e. The zero-order valence-corrected chi connectivity index (χ0v) is 15.3. The van der Waals surface area contributed by atoms with Crippen LogP contribution >= 0.6 is 11.3 Å². The number of amides is 1. The lowest BCUT2D eigenvalue weighted by molar-refractivity contribution is 0.0785. The van der Waals surface area contributed by atoms with Gasteiger partial charge in [0.15, 0.2) is 0 Å². The van der Waals surface area contributed by atoms with Gasteiger partial charge in [-0.25, -0.2) is 0 Å². The van der Waals surface area contributed by atoms with E-state index in [1.54, 1.807) is 29.8 Å². The molecule has 3 aromatic heterocycles. The maximum atomic E-state index is 12.9. The summed E-state index contributed by atoms with van der Waals surface area (Å²) in [6, 6.07) is 12.4. The number of thiophene rings is 1. The molecule has 1 aromatic carbocycles. The number of aromatic nitrogens is 4. The Labute approximate surface area is 159 Å². The molecule has 1 unspecified atom stereocenters. The lowest BCUT2D eigenvalue weighted by Gasteiger charge is -2.15.